The molecule has 2 aliphatic carbocycles. The minimum Gasteiger partial charge on any atom is -0.469 e. The van der Waals surface area contributed by atoms with Crippen molar-refractivity contribution in [1.82, 2.24) is 4.90 Å². The molecule has 5 nitrogen and oxygen atoms in total. The van der Waals surface area contributed by atoms with Crippen molar-refractivity contribution >= 4 is 11.9 Å². The topological polar surface area (TPSA) is 55.8 Å². The smallest absolute Gasteiger partial charge is 0.338 e. The van der Waals surface area contributed by atoms with Crippen molar-refractivity contribution < 1.29 is 19.1 Å². The summed E-state index contributed by atoms with van der Waals surface area (Å²) in [6.07, 6.45) is 4.78. The third-order valence-corrected chi connectivity index (χ3v) is 7.28. The number of ether oxygens (including phenoxy) is 2. The van der Waals surface area contributed by atoms with Crippen LogP contribution in [-0.4, -0.2) is 43.6 Å². The Hall–Kier alpha value is -3.10. The number of hydrogen-bond donors (Lipinski definition) is 0. The van der Waals surface area contributed by atoms with Gasteiger partial charge in [-0.15, -0.1) is 0 Å². The van der Waals surface area contributed by atoms with Gasteiger partial charge in [0, 0.05) is 23.2 Å². The van der Waals surface area contributed by atoms with Crippen LogP contribution in [0.15, 0.2) is 36.4 Å². The maximum atomic E-state index is 13.1. The van der Waals surface area contributed by atoms with E-state index in [0.717, 1.165) is 35.1 Å². The number of hydrogen-bond acceptors (Lipinski definition) is 5. The van der Waals surface area contributed by atoms with Gasteiger partial charge in [-0.25, -0.2) is 4.79 Å². The average molecular weight is 474 g/mol. The number of carbonyl (C=O) groups is 2. The SMILES string of the molecule is CCOC(=O)c1cc(C#Cc2ccc(CC(=O)OC)cc2)cc2c1C(N(C)C1CC1)CCC2(C)C. The molecule has 2 aliphatic rings. The number of rotatable bonds is 6. The maximum Gasteiger partial charge on any atom is 0.338 e. The first-order chi connectivity index (χ1) is 16.7. The van der Waals surface area contributed by atoms with Crippen LogP contribution in [0.4, 0.5) is 0 Å². The number of esters is 2. The van der Waals surface area contributed by atoms with Crippen molar-refractivity contribution in [3.63, 3.8) is 0 Å². The molecule has 0 saturated heterocycles. The number of benzene rings is 2. The molecule has 0 radical (unpaired) electrons. The van der Waals surface area contributed by atoms with E-state index in [9.17, 15) is 9.59 Å². The number of nitrogens with zero attached hydrogens (tertiary/aromatic N) is 1. The lowest BCUT2D eigenvalue weighted by Crippen LogP contribution is -2.36. The molecule has 1 atom stereocenters. The highest BCUT2D eigenvalue weighted by Gasteiger charge is 2.41. The second-order valence-electron chi connectivity index (χ2n) is 10.2. The fourth-order valence-corrected chi connectivity index (χ4v) is 5.03. The standard InChI is InChI=1S/C30H35NO4/c1-6-35-29(33)24-17-22(12-9-20-7-10-21(11-8-20)19-27(32)34-5)18-25-28(24)26(15-16-30(25,2)3)31(4)23-13-14-23/h7-8,10-11,17-18,23,26H,6,13-16,19H2,1-5H3. The van der Waals surface area contributed by atoms with E-state index in [1.54, 1.807) is 0 Å². The summed E-state index contributed by atoms with van der Waals surface area (Å²) in [7, 11) is 3.58. The molecular formula is C30H35NO4. The fourth-order valence-electron chi connectivity index (χ4n) is 5.03. The van der Waals surface area contributed by atoms with Crippen LogP contribution in [0.1, 0.15) is 90.7 Å². The van der Waals surface area contributed by atoms with E-state index < -0.39 is 0 Å². The monoisotopic (exact) mass is 473 g/mol. The summed E-state index contributed by atoms with van der Waals surface area (Å²) in [6, 6.07) is 12.5. The van der Waals surface area contributed by atoms with Gasteiger partial charge in [0.1, 0.15) is 0 Å². The molecule has 0 aliphatic heterocycles. The van der Waals surface area contributed by atoms with Crippen LogP contribution in [0.2, 0.25) is 0 Å². The molecule has 0 N–H and O–H groups in total. The van der Waals surface area contributed by atoms with E-state index in [0.29, 0.717) is 18.2 Å². The molecule has 0 spiro atoms. The van der Waals surface area contributed by atoms with E-state index in [1.165, 1.54) is 25.5 Å². The van der Waals surface area contributed by atoms with Crippen molar-refractivity contribution in [3.05, 3.63) is 69.8 Å². The van der Waals surface area contributed by atoms with Gasteiger partial charge in [-0.2, -0.15) is 0 Å². The Morgan fingerprint density at radius 2 is 1.74 bits per heavy atom. The molecule has 2 aromatic carbocycles. The Balaban J connectivity index is 1.73. The number of carbonyl (C=O) groups excluding carboxylic acids is 2. The van der Waals surface area contributed by atoms with Crippen LogP contribution >= 0.6 is 0 Å². The first kappa shape index (κ1) is 25.0. The first-order valence-electron chi connectivity index (χ1n) is 12.5. The highest BCUT2D eigenvalue weighted by atomic mass is 16.5. The van der Waals surface area contributed by atoms with Crippen molar-refractivity contribution in [2.75, 3.05) is 20.8 Å². The minimum atomic E-state index is -0.272. The van der Waals surface area contributed by atoms with E-state index in [1.807, 2.05) is 37.3 Å². The van der Waals surface area contributed by atoms with Gasteiger partial charge in [0.25, 0.3) is 0 Å². The van der Waals surface area contributed by atoms with Crippen molar-refractivity contribution in [2.24, 2.45) is 0 Å². The molecular weight excluding hydrogens is 438 g/mol. The second-order valence-corrected chi connectivity index (χ2v) is 10.2. The highest BCUT2D eigenvalue weighted by Crippen LogP contribution is 2.48. The van der Waals surface area contributed by atoms with Crippen LogP contribution in [-0.2, 0) is 26.1 Å². The lowest BCUT2D eigenvalue weighted by Gasteiger charge is -2.42. The summed E-state index contributed by atoms with van der Waals surface area (Å²) in [5.74, 6) is 5.96. The van der Waals surface area contributed by atoms with Gasteiger partial charge in [0.15, 0.2) is 0 Å². The Morgan fingerprint density at radius 3 is 2.37 bits per heavy atom. The third-order valence-electron chi connectivity index (χ3n) is 7.28. The molecule has 0 heterocycles. The summed E-state index contributed by atoms with van der Waals surface area (Å²) in [6.45, 7) is 6.69. The zero-order valence-electron chi connectivity index (χ0n) is 21.4. The van der Waals surface area contributed by atoms with Gasteiger partial charge in [-0.1, -0.05) is 37.8 Å². The Morgan fingerprint density at radius 1 is 1.06 bits per heavy atom. The maximum absolute atomic E-state index is 13.1. The Kier molecular flexibility index (Phi) is 7.33. The molecule has 35 heavy (non-hydrogen) atoms. The summed E-state index contributed by atoms with van der Waals surface area (Å²) < 4.78 is 10.2. The van der Waals surface area contributed by atoms with Crippen LogP contribution in [0, 0.1) is 11.8 Å². The molecule has 184 valence electrons. The lowest BCUT2D eigenvalue weighted by atomic mass is 9.69. The van der Waals surface area contributed by atoms with E-state index >= 15 is 0 Å². The normalized spacial score (nSPS) is 18.3. The first-order valence-corrected chi connectivity index (χ1v) is 12.5. The molecule has 1 fully saturated rings. The molecule has 4 rings (SSSR count). The Labute approximate surface area is 208 Å². The van der Waals surface area contributed by atoms with Gasteiger partial charge in [0.05, 0.1) is 25.7 Å². The molecule has 1 saturated carbocycles. The van der Waals surface area contributed by atoms with Gasteiger partial charge in [0.2, 0.25) is 0 Å². The van der Waals surface area contributed by atoms with Crippen LogP contribution in [0.5, 0.6) is 0 Å². The highest BCUT2D eigenvalue weighted by molar-refractivity contribution is 5.92. The van der Waals surface area contributed by atoms with Gasteiger partial charge in [-0.05, 0) is 86.0 Å². The number of fused-ring (bicyclic) bond motifs is 1. The molecule has 2 aromatic rings. The summed E-state index contributed by atoms with van der Waals surface area (Å²) in [4.78, 5) is 27.1. The van der Waals surface area contributed by atoms with Crippen LogP contribution in [0.25, 0.3) is 0 Å². The second kappa shape index (κ2) is 10.3. The lowest BCUT2D eigenvalue weighted by molar-refractivity contribution is -0.139. The van der Waals surface area contributed by atoms with Gasteiger partial charge in [-0.3, -0.25) is 9.69 Å². The molecule has 1 unspecified atom stereocenters. The van der Waals surface area contributed by atoms with E-state index in [-0.39, 0.29) is 29.8 Å². The van der Waals surface area contributed by atoms with E-state index in [2.05, 4.69) is 43.7 Å². The minimum absolute atomic E-state index is 0.0509. The predicted molar refractivity (Wildman–Crippen MR) is 136 cm³/mol. The summed E-state index contributed by atoms with van der Waals surface area (Å²) >= 11 is 0. The zero-order valence-corrected chi connectivity index (χ0v) is 21.4. The summed E-state index contributed by atoms with van der Waals surface area (Å²) in [5, 5.41) is 0. The van der Waals surface area contributed by atoms with Gasteiger partial charge < -0.3 is 9.47 Å². The molecule has 0 bridgehead atoms. The van der Waals surface area contributed by atoms with Crippen LogP contribution < -0.4 is 0 Å². The zero-order chi connectivity index (χ0) is 25.2. The fraction of sp³-hybridized carbons (Fsp3) is 0.467. The predicted octanol–water partition coefficient (Wildman–Crippen LogP) is 5.19. The molecule has 5 heteroatoms. The molecule has 0 amide bonds. The number of methoxy groups -OCH3 is 1. The third kappa shape index (κ3) is 5.60. The van der Waals surface area contributed by atoms with Crippen molar-refractivity contribution in [1.29, 1.82) is 0 Å². The van der Waals surface area contributed by atoms with Gasteiger partial charge >= 0.3 is 11.9 Å². The van der Waals surface area contributed by atoms with Crippen LogP contribution in [0.3, 0.4) is 0 Å². The Bertz CT molecular complexity index is 1170. The average Bonchev–Trinajstić information content (AvgIpc) is 3.69. The van der Waals surface area contributed by atoms with Crippen molar-refractivity contribution in [3.8, 4) is 11.8 Å². The van der Waals surface area contributed by atoms with Crippen molar-refractivity contribution in [2.45, 2.75) is 70.4 Å². The largest absolute Gasteiger partial charge is 0.469 e. The molecule has 0 aromatic heterocycles. The van der Waals surface area contributed by atoms with E-state index in [4.69, 9.17) is 9.47 Å². The summed E-state index contributed by atoms with van der Waals surface area (Å²) in [5.41, 5.74) is 5.45. The quantitative estimate of drug-likeness (QED) is 0.427.